The van der Waals surface area contributed by atoms with Crippen LogP contribution in [0.2, 0.25) is 0 Å². The zero-order chi connectivity index (χ0) is 11.3. The average molecular weight is 224 g/mol. The van der Waals surface area contributed by atoms with E-state index in [1.54, 1.807) is 0 Å². The summed E-state index contributed by atoms with van der Waals surface area (Å²) in [6.07, 6.45) is 0.604. The molecule has 3 atom stereocenters. The second-order valence-corrected chi connectivity index (χ2v) is 5.12. The van der Waals surface area contributed by atoms with Gasteiger partial charge < -0.3 is 0 Å². The molecule has 0 aliphatic heterocycles. The van der Waals surface area contributed by atoms with Gasteiger partial charge in [-0.05, 0) is 25.2 Å². The summed E-state index contributed by atoms with van der Waals surface area (Å²) in [6, 6.07) is 0. The van der Waals surface area contributed by atoms with Gasteiger partial charge in [-0.3, -0.25) is 0 Å². The lowest BCUT2D eigenvalue weighted by Crippen LogP contribution is -2.32. The van der Waals surface area contributed by atoms with Gasteiger partial charge in [0.15, 0.2) is 0 Å². The molecule has 4 heteroatoms. The van der Waals surface area contributed by atoms with Crippen molar-refractivity contribution >= 4 is 0 Å². The lowest BCUT2D eigenvalue weighted by molar-refractivity contribution is -0.0923. The Kier molecular flexibility index (Phi) is 2.51. The highest BCUT2D eigenvalue weighted by molar-refractivity contribution is 4.96. The fraction of sp³-hybridized carbons (Fsp3) is 1.00. The zero-order valence-corrected chi connectivity index (χ0v) is 8.78. The minimum absolute atomic E-state index is 0.210. The van der Waals surface area contributed by atoms with Crippen LogP contribution in [0.5, 0.6) is 0 Å². The van der Waals surface area contributed by atoms with Gasteiger partial charge in [0.25, 0.3) is 5.92 Å². The van der Waals surface area contributed by atoms with Crippen LogP contribution in [0.3, 0.4) is 0 Å². The van der Waals surface area contributed by atoms with Crippen LogP contribution in [0.4, 0.5) is 17.6 Å². The molecule has 3 unspecified atom stereocenters. The molecule has 88 valence electrons. The second-order valence-electron chi connectivity index (χ2n) is 5.12. The number of alkyl halides is 4. The Morgan fingerprint density at radius 1 is 1.00 bits per heavy atom. The van der Waals surface area contributed by atoms with Crippen molar-refractivity contribution in [3.05, 3.63) is 0 Å². The van der Waals surface area contributed by atoms with Gasteiger partial charge in [0.05, 0.1) is 0 Å². The molecule has 0 aromatic rings. The van der Waals surface area contributed by atoms with E-state index in [-0.39, 0.29) is 19.3 Å². The highest BCUT2D eigenvalue weighted by Gasteiger charge is 2.55. The lowest BCUT2D eigenvalue weighted by Gasteiger charge is -2.27. The van der Waals surface area contributed by atoms with E-state index in [0.717, 1.165) is 0 Å². The third-order valence-electron chi connectivity index (χ3n) is 4.07. The SMILES string of the molecule is CC1CCC(C2CCC(F)(F)C2)C1(F)F. The summed E-state index contributed by atoms with van der Waals surface area (Å²) in [5.74, 6) is -7.35. The maximum atomic E-state index is 13.7. The van der Waals surface area contributed by atoms with Crippen LogP contribution < -0.4 is 0 Å². The van der Waals surface area contributed by atoms with E-state index in [0.29, 0.717) is 12.8 Å². The summed E-state index contributed by atoms with van der Waals surface area (Å²) in [7, 11) is 0. The molecule has 0 nitrogen and oxygen atoms in total. The quantitative estimate of drug-likeness (QED) is 0.588. The van der Waals surface area contributed by atoms with Gasteiger partial charge in [-0.1, -0.05) is 6.92 Å². The summed E-state index contributed by atoms with van der Waals surface area (Å²) in [4.78, 5) is 0. The van der Waals surface area contributed by atoms with E-state index in [1.807, 2.05) is 0 Å². The largest absolute Gasteiger partial charge is 0.253 e. The Bertz CT molecular complexity index is 249. The van der Waals surface area contributed by atoms with Crippen molar-refractivity contribution < 1.29 is 17.6 Å². The molecular formula is C11H16F4. The second kappa shape index (κ2) is 3.36. The predicted molar refractivity (Wildman–Crippen MR) is 49.1 cm³/mol. The first-order valence-corrected chi connectivity index (χ1v) is 5.58. The first-order chi connectivity index (χ1) is 6.83. The number of hydrogen-bond donors (Lipinski definition) is 0. The minimum Gasteiger partial charge on any atom is -0.207 e. The number of halogens is 4. The Hall–Kier alpha value is -0.280. The summed E-state index contributed by atoms with van der Waals surface area (Å²) in [6.45, 7) is 1.52. The fourth-order valence-electron chi connectivity index (χ4n) is 3.06. The topological polar surface area (TPSA) is 0 Å². The Balaban J connectivity index is 2.07. The van der Waals surface area contributed by atoms with Gasteiger partial charge in [0.1, 0.15) is 0 Å². The van der Waals surface area contributed by atoms with Crippen LogP contribution in [-0.2, 0) is 0 Å². The predicted octanol–water partition coefficient (Wildman–Crippen LogP) is 4.10. The number of hydrogen-bond acceptors (Lipinski definition) is 0. The van der Waals surface area contributed by atoms with Crippen LogP contribution in [0.25, 0.3) is 0 Å². The molecule has 2 saturated carbocycles. The minimum atomic E-state index is -2.73. The standard InChI is InChI=1S/C11H16F4/c1-7-2-3-9(11(7,14)15)8-4-5-10(12,13)6-8/h7-9H,2-6H2,1H3. The third kappa shape index (κ3) is 1.87. The highest BCUT2D eigenvalue weighted by atomic mass is 19.3. The van der Waals surface area contributed by atoms with E-state index >= 15 is 0 Å². The molecule has 15 heavy (non-hydrogen) atoms. The van der Waals surface area contributed by atoms with Crippen molar-refractivity contribution in [3.8, 4) is 0 Å². The first kappa shape index (κ1) is 11.2. The smallest absolute Gasteiger partial charge is 0.207 e. The van der Waals surface area contributed by atoms with E-state index in [2.05, 4.69) is 0 Å². The molecule has 0 N–H and O–H groups in total. The van der Waals surface area contributed by atoms with Crippen molar-refractivity contribution in [2.24, 2.45) is 17.8 Å². The van der Waals surface area contributed by atoms with Crippen molar-refractivity contribution in [1.29, 1.82) is 0 Å². The summed E-state index contributed by atoms with van der Waals surface area (Å²) < 4.78 is 53.2. The van der Waals surface area contributed by atoms with Crippen LogP contribution in [-0.4, -0.2) is 11.8 Å². The van der Waals surface area contributed by atoms with Crippen molar-refractivity contribution in [2.75, 3.05) is 0 Å². The Morgan fingerprint density at radius 2 is 1.67 bits per heavy atom. The van der Waals surface area contributed by atoms with E-state index in [9.17, 15) is 17.6 Å². The molecule has 2 fully saturated rings. The molecule has 0 saturated heterocycles. The van der Waals surface area contributed by atoms with E-state index in [4.69, 9.17) is 0 Å². The lowest BCUT2D eigenvalue weighted by atomic mass is 9.86. The third-order valence-corrected chi connectivity index (χ3v) is 4.07. The van der Waals surface area contributed by atoms with Gasteiger partial charge in [0.2, 0.25) is 5.92 Å². The van der Waals surface area contributed by atoms with Crippen LogP contribution in [0, 0.1) is 17.8 Å². The molecule has 0 amide bonds. The monoisotopic (exact) mass is 224 g/mol. The summed E-state index contributed by atoms with van der Waals surface area (Å²) in [5.41, 5.74) is 0. The average Bonchev–Trinajstić information content (AvgIpc) is 2.56. The van der Waals surface area contributed by atoms with Crippen LogP contribution in [0.15, 0.2) is 0 Å². The Morgan fingerprint density at radius 3 is 2.07 bits per heavy atom. The van der Waals surface area contributed by atoms with Gasteiger partial charge in [0, 0.05) is 24.7 Å². The first-order valence-electron chi connectivity index (χ1n) is 5.58. The van der Waals surface area contributed by atoms with Gasteiger partial charge in [-0.15, -0.1) is 0 Å². The molecule has 0 aromatic heterocycles. The van der Waals surface area contributed by atoms with Crippen molar-refractivity contribution in [3.63, 3.8) is 0 Å². The molecule has 0 bridgehead atoms. The number of rotatable bonds is 1. The zero-order valence-electron chi connectivity index (χ0n) is 8.78. The van der Waals surface area contributed by atoms with E-state index < -0.39 is 29.6 Å². The maximum absolute atomic E-state index is 13.7. The van der Waals surface area contributed by atoms with Crippen molar-refractivity contribution in [1.82, 2.24) is 0 Å². The molecular weight excluding hydrogens is 208 g/mol. The highest BCUT2D eigenvalue weighted by Crippen LogP contribution is 2.54. The van der Waals surface area contributed by atoms with Crippen LogP contribution in [0.1, 0.15) is 39.0 Å². The van der Waals surface area contributed by atoms with Crippen LogP contribution >= 0.6 is 0 Å². The Labute approximate surface area is 87.0 Å². The van der Waals surface area contributed by atoms with Gasteiger partial charge >= 0.3 is 0 Å². The maximum Gasteiger partial charge on any atom is 0.253 e. The summed E-state index contributed by atoms with van der Waals surface area (Å²) >= 11 is 0. The molecule has 0 radical (unpaired) electrons. The van der Waals surface area contributed by atoms with Gasteiger partial charge in [-0.2, -0.15) is 0 Å². The normalized spacial score (nSPS) is 43.4. The molecule has 0 heterocycles. The molecule has 2 aliphatic carbocycles. The fourth-order valence-corrected chi connectivity index (χ4v) is 3.06. The molecule has 2 rings (SSSR count). The molecule has 2 aliphatic rings. The summed E-state index contributed by atoms with van der Waals surface area (Å²) in [5, 5.41) is 0. The molecule has 0 aromatic carbocycles. The van der Waals surface area contributed by atoms with E-state index in [1.165, 1.54) is 6.92 Å². The van der Waals surface area contributed by atoms with Gasteiger partial charge in [-0.25, -0.2) is 17.6 Å². The van der Waals surface area contributed by atoms with Crippen molar-refractivity contribution in [2.45, 2.75) is 50.9 Å². The molecule has 0 spiro atoms.